The second-order valence-corrected chi connectivity index (χ2v) is 5.19. The summed E-state index contributed by atoms with van der Waals surface area (Å²) in [6, 6.07) is -3.23. The van der Waals surface area contributed by atoms with Gasteiger partial charge < -0.3 is 32.9 Å². The fraction of sp³-hybridized carbons (Fsp3) is 0.692. The van der Waals surface area contributed by atoms with Gasteiger partial charge in [-0.25, -0.2) is 4.79 Å². The second kappa shape index (κ2) is 10.5. The monoisotopic (exact) mass is 331 g/mol. The molecule has 0 fully saturated rings. The summed E-state index contributed by atoms with van der Waals surface area (Å²) in [5, 5.41) is 13.7. The van der Waals surface area contributed by atoms with Crippen LogP contribution < -0.4 is 27.8 Å². The van der Waals surface area contributed by atoms with Gasteiger partial charge in [-0.1, -0.05) is 0 Å². The summed E-state index contributed by atoms with van der Waals surface area (Å²) in [7, 11) is 0. The molecule has 0 aromatic carbocycles. The Morgan fingerprint density at radius 3 is 2.17 bits per heavy atom. The Balaban J connectivity index is 4.47. The maximum atomic E-state index is 11.9. The highest BCUT2D eigenvalue weighted by atomic mass is 16.4. The highest BCUT2D eigenvalue weighted by molar-refractivity contribution is 5.93. The van der Waals surface area contributed by atoms with Gasteiger partial charge in [0.05, 0.1) is 12.5 Å². The molecule has 10 nitrogen and oxygen atoms in total. The molecule has 0 radical (unpaired) electrons. The van der Waals surface area contributed by atoms with Crippen LogP contribution in [0.5, 0.6) is 0 Å². The van der Waals surface area contributed by atoms with Crippen LogP contribution in [0.4, 0.5) is 0 Å². The quantitative estimate of drug-likeness (QED) is 0.223. The molecule has 0 saturated heterocycles. The minimum atomic E-state index is -1.17. The maximum Gasteiger partial charge on any atom is 0.326 e. The summed E-state index contributed by atoms with van der Waals surface area (Å²) in [4.78, 5) is 45.4. The van der Waals surface area contributed by atoms with E-state index in [9.17, 15) is 19.2 Å². The normalized spacial score (nSPS) is 14.4. The number of nitrogens with one attached hydrogen (secondary N) is 2. The van der Waals surface area contributed by atoms with Crippen molar-refractivity contribution in [3.63, 3.8) is 0 Å². The largest absolute Gasteiger partial charge is 0.480 e. The predicted octanol–water partition coefficient (Wildman–Crippen LogP) is -2.61. The van der Waals surface area contributed by atoms with Crippen LogP contribution in [0.25, 0.3) is 0 Å². The Morgan fingerprint density at radius 2 is 1.70 bits per heavy atom. The molecule has 3 amide bonds. The first-order chi connectivity index (χ1) is 10.7. The standard InChI is InChI=1S/C13H25N5O5/c1-7(17-12(21)8(15)6-10(16)19)11(20)18-9(13(22)23)4-2-3-5-14/h7-9H,2-6,14-15H2,1H3,(H2,16,19)(H,17,21)(H,18,20)(H,22,23)/t7-,8-,9-/m0/s1. The van der Waals surface area contributed by atoms with Crippen molar-refractivity contribution in [2.24, 2.45) is 17.2 Å². The number of amides is 3. The minimum absolute atomic E-state index is 0.236. The Morgan fingerprint density at radius 1 is 1.09 bits per heavy atom. The van der Waals surface area contributed by atoms with E-state index < -0.39 is 41.8 Å². The van der Waals surface area contributed by atoms with Crippen LogP contribution in [0, 0.1) is 0 Å². The van der Waals surface area contributed by atoms with Crippen LogP contribution in [0.2, 0.25) is 0 Å². The third-order valence-corrected chi connectivity index (χ3v) is 3.07. The average molecular weight is 331 g/mol. The first-order valence-electron chi connectivity index (χ1n) is 7.26. The molecule has 0 aromatic rings. The minimum Gasteiger partial charge on any atom is -0.480 e. The highest BCUT2D eigenvalue weighted by Gasteiger charge is 2.25. The number of aliphatic carboxylic acids is 1. The molecule has 0 rings (SSSR count). The number of carbonyl (C=O) groups is 4. The van der Waals surface area contributed by atoms with Gasteiger partial charge >= 0.3 is 5.97 Å². The summed E-state index contributed by atoms with van der Waals surface area (Å²) in [5.74, 6) is -3.29. The molecule has 0 bridgehead atoms. The molecule has 0 spiro atoms. The first-order valence-corrected chi connectivity index (χ1v) is 7.26. The van der Waals surface area contributed by atoms with E-state index in [1.807, 2.05) is 0 Å². The summed E-state index contributed by atoms with van der Waals surface area (Å²) >= 11 is 0. The van der Waals surface area contributed by atoms with Gasteiger partial charge in [-0.05, 0) is 32.7 Å². The molecule has 0 heterocycles. The van der Waals surface area contributed by atoms with E-state index in [1.165, 1.54) is 6.92 Å². The van der Waals surface area contributed by atoms with Gasteiger partial charge in [0.1, 0.15) is 12.1 Å². The Hall–Kier alpha value is -2.20. The second-order valence-electron chi connectivity index (χ2n) is 5.19. The lowest BCUT2D eigenvalue weighted by Crippen LogP contribution is -2.53. The van der Waals surface area contributed by atoms with Gasteiger partial charge in [0.2, 0.25) is 17.7 Å². The van der Waals surface area contributed by atoms with Crippen molar-refractivity contribution >= 4 is 23.7 Å². The molecule has 0 unspecified atom stereocenters. The Bertz CT molecular complexity index is 442. The average Bonchev–Trinajstić information content (AvgIpc) is 2.44. The van der Waals surface area contributed by atoms with Crippen molar-refractivity contribution in [2.75, 3.05) is 6.54 Å². The Kier molecular flexibility index (Phi) is 9.51. The van der Waals surface area contributed by atoms with E-state index >= 15 is 0 Å². The van der Waals surface area contributed by atoms with Crippen LogP contribution >= 0.6 is 0 Å². The van der Waals surface area contributed by atoms with E-state index in [-0.39, 0.29) is 12.8 Å². The lowest BCUT2D eigenvalue weighted by molar-refractivity contribution is -0.142. The van der Waals surface area contributed by atoms with Gasteiger partial charge in [0, 0.05) is 0 Å². The number of carboxylic acids is 1. The zero-order valence-electron chi connectivity index (χ0n) is 13.1. The van der Waals surface area contributed by atoms with E-state index in [0.717, 1.165) is 0 Å². The van der Waals surface area contributed by atoms with Crippen molar-refractivity contribution in [3.05, 3.63) is 0 Å². The number of hydrogen-bond acceptors (Lipinski definition) is 6. The zero-order chi connectivity index (χ0) is 18.0. The van der Waals surface area contributed by atoms with Gasteiger partial charge in [-0.3, -0.25) is 14.4 Å². The van der Waals surface area contributed by atoms with Crippen LogP contribution in [0.15, 0.2) is 0 Å². The molecule has 0 aliphatic rings. The lowest BCUT2D eigenvalue weighted by Gasteiger charge is -2.20. The predicted molar refractivity (Wildman–Crippen MR) is 81.9 cm³/mol. The topological polar surface area (TPSA) is 191 Å². The summed E-state index contributed by atoms with van der Waals surface area (Å²) in [6.07, 6.45) is 1.09. The highest BCUT2D eigenvalue weighted by Crippen LogP contribution is 2.01. The van der Waals surface area contributed by atoms with E-state index in [1.54, 1.807) is 0 Å². The number of carboxylic acid groups (broad SMARTS) is 1. The molecular formula is C13H25N5O5. The fourth-order valence-electron chi connectivity index (χ4n) is 1.74. The van der Waals surface area contributed by atoms with Crippen LogP contribution in [0.3, 0.4) is 0 Å². The molecule has 23 heavy (non-hydrogen) atoms. The van der Waals surface area contributed by atoms with Crippen LogP contribution in [-0.2, 0) is 19.2 Å². The summed E-state index contributed by atoms with van der Waals surface area (Å²) < 4.78 is 0. The number of carbonyl (C=O) groups excluding carboxylic acids is 3. The molecule has 10 heteroatoms. The summed E-state index contributed by atoms with van der Waals surface area (Å²) in [5.41, 5.74) is 15.7. The van der Waals surface area contributed by atoms with Crippen molar-refractivity contribution in [1.29, 1.82) is 0 Å². The fourth-order valence-corrected chi connectivity index (χ4v) is 1.74. The maximum absolute atomic E-state index is 11.9. The van der Waals surface area contributed by atoms with Crippen LogP contribution in [-0.4, -0.2) is 53.5 Å². The van der Waals surface area contributed by atoms with Crippen molar-refractivity contribution < 1.29 is 24.3 Å². The van der Waals surface area contributed by atoms with Gasteiger partial charge in [-0.15, -0.1) is 0 Å². The number of unbranched alkanes of at least 4 members (excludes halogenated alkanes) is 1. The molecule has 0 aliphatic heterocycles. The molecule has 0 aromatic heterocycles. The van der Waals surface area contributed by atoms with Gasteiger partial charge in [0.15, 0.2) is 0 Å². The van der Waals surface area contributed by atoms with E-state index in [0.29, 0.717) is 19.4 Å². The third-order valence-electron chi connectivity index (χ3n) is 3.07. The first kappa shape index (κ1) is 20.8. The molecule has 0 aliphatic carbocycles. The molecule has 9 N–H and O–H groups in total. The van der Waals surface area contributed by atoms with Crippen LogP contribution in [0.1, 0.15) is 32.6 Å². The third kappa shape index (κ3) is 8.73. The molecule has 132 valence electrons. The van der Waals surface area contributed by atoms with Crippen molar-refractivity contribution in [2.45, 2.75) is 50.7 Å². The smallest absolute Gasteiger partial charge is 0.326 e. The van der Waals surface area contributed by atoms with Gasteiger partial charge in [-0.2, -0.15) is 0 Å². The van der Waals surface area contributed by atoms with E-state index in [2.05, 4.69) is 10.6 Å². The molecular weight excluding hydrogens is 306 g/mol. The number of primary amides is 1. The van der Waals surface area contributed by atoms with Crippen molar-refractivity contribution in [3.8, 4) is 0 Å². The Labute approximate surface area is 134 Å². The SMILES string of the molecule is C[C@H](NC(=O)[C@@H](N)CC(N)=O)C(=O)N[C@@H](CCCCN)C(=O)O. The van der Waals surface area contributed by atoms with E-state index in [4.69, 9.17) is 22.3 Å². The number of rotatable bonds is 11. The van der Waals surface area contributed by atoms with Gasteiger partial charge in [0.25, 0.3) is 0 Å². The zero-order valence-corrected chi connectivity index (χ0v) is 13.1. The van der Waals surface area contributed by atoms with Crippen molar-refractivity contribution in [1.82, 2.24) is 10.6 Å². The summed E-state index contributed by atoms with van der Waals surface area (Å²) in [6.45, 7) is 1.81. The number of hydrogen-bond donors (Lipinski definition) is 6. The number of nitrogens with two attached hydrogens (primary N) is 3. The lowest BCUT2D eigenvalue weighted by atomic mass is 10.1. The molecule has 0 saturated carbocycles. The molecule has 3 atom stereocenters.